The van der Waals surface area contributed by atoms with Crippen LogP contribution in [0.25, 0.3) is 0 Å². The standard InChI is InChI=1S/C14H21ClFNO2S/c1-10(12-6-5-11(16)9-13(12)15)17-7-8-20(18,19)14(2,3)4/h5-6,9-10,17H,7-8H2,1-4H3. The molecule has 1 atom stereocenters. The highest BCUT2D eigenvalue weighted by molar-refractivity contribution is 7.92. The Morgan fingerprint density at radius 1 is 1.35 bits per heavy atom. The highest BCUT2D eigenvalue weighted by atomic mass is 35.5. The number of benzene rings is 1. The predicted octanol–water partition coefficient (Wildman–Crippen LogP) is 3.34. The van der Waals surface area contributed by atoms with Gasteiger partial charge in [-0.25, -0.2) is 12.8 Å². The second kappa shape index (κ2) is 6.41. The Morgan fingerprint density at radius 2 is 1.95 bits per heavy atom. The summed E-state index contributed by atoms with van der Waals surface area (Å²) in [7, 11) is -3.15. The monoisotopic (exact) mass is 321 g/mol. The molecule has 0 amide bonds. The van der Waals surface area contributed by atoms with Crippen LogP contribution in [0.2, 0.25) is 5.02 Å². The second-order valence-electron chi connectivity index (χ2n) is 5.77. The van der Waals surface area contributed by atoms with E-state index < -0.39 is 14.6 Å². The van der Waals surface area contributed by atoms with E-state index in [1.807, 2.05) is 6.92 Å². The molecular formula is C14H21ClFNO2S. The largest absolute Gasteiger partial charge is 0.309 e. The first-order chi connectivity index (χ1) is 9.04. The SMILES string of the molecule is CC(NCCS(=O)(=O)C(C)(C)C)c1ccc(F)cc1Cl. The number of hydrogen-bond acceptors (Lipinski definition) is 3. The maximum absolute atomic E-state index is 13.0. The summed E-state index contributed by atoms with van der Waals surface area (Å²) in [6, 6.07) is 4.05. The molecule has 6 heteroatoms. The summed E-state index contributed by atoms with van der Waals surface area (Å²) in [5.41, 5.74) is 0.751. The van der Waals surface area contributed by atoms with E-state index in [1.165, 1.54) is 12.1 Å². The summed E-state index contributed by atoms with van der Waals surface area (Å²) in [4.78, 5) is 0. The van der Waals surface area contributed by atoms with E-state index in [0.717, 1.165) is 5.56 Å². The fraction of sp³-hybridized carbons (Fsp3) is 0.571. The lowest BCUT2D eigenvalue weighted by molar-refractivity contribution is 0.546. The van der Waals surface area contributed by atoms with Crippen LogP contribution in [0.15, 0.2) is 18.2 Å². The molecule has 3 nitrogen and oxygen atoms in total. The quantitative estimate of drug-likeness (QED) is 0.904. The molecular weight excluding hydrogens is 301 g/mol. The zero-order valence-corrected chi connectivity index (χ0v) is 13.8. The maximum atomic E-state index is 13.0. The van der Waals surface area contributed by atoms with Gasteiger partial charge in [0, 0.05) is 17.6 Å². The average molecular weight is 322 g/mol. The summed E-state index contributed by atoms with van der Waals surface area (Å²) in [5, 5.41) is 3.44. The van der Waals surface area contributed by atoms with Crippen molar-refractivity contribution in [3.63, 3.8) is 0 Å². The van der Waals surface area contributed by atoms with Gasteiger partial charge >= 0.3 is 0 Å². The van der Waals surface area contributed by atoms with Gasteiger partial charge in [0.1, 0.15) is 5.82 Å². The van der Waals surface area contributed by atoms with Crippen LogP contribution >= 0.6 is 11.6 Å². The molecule has 0 aliphatic carbocycles. The molecule has 1 aromatic carbocycles. The van der Waals surface area contributed by atoms with E-state index in [-0.39, 0.29) is 17.6 Å². The number of halogens is 2. The van der Waals surface area contributed by atoms with Gasteiger partial charge in [0.25, 0.3) is 0 Å². The van der Waals surface area contributed by atoms with E-state index >= 15 is 0 Å². The molecule has 0 heterocycles. The van der Waals surface area contributed by atoms with Crippen LogP contribution in [0.1, 0.15) is 39.3 Å². The van der Waals surface area contributed by atoms with Crippen LogP contribution in [0.3, 0.4) is 0 Å². The lowest BCUT2D eigenvalue weighted by atomic mass is 10.1. The predicted molar refractivity (Wildman–Crippen MR) is 81.4 cm³/mol. The highest BCUT2D eigenvalue weighted by Gasteiger charge is 2.28. The van der Waals surface area contributed by atoms with Crippen LogP contribution < -0.4 is 5.32 Å². The van der Waals surface area contributed by atoms with E-state index in [4.69, 9.17) is 11.6 Å². The molecule has 20 heavy (non-hydrogen) atoms. The van der Waals surface area contributed by atoms with Crippen LogP contribution in [0.4, 0.5) is 4.39 Å². The Morgan fingerprint density at radius 3 is 2.45 bits per heavy atom. The third kappa shape index (κ3) is 4.43. The van der Waals surface area contributed by atoms with Crippen LogP contribution in [-0.2, 0) is 9.84 Å². The van der Waals surface area contributed by atoms with Crippen LogP contribution in [0, 0.1) is 5.82 Å². The fourth-order valence-corrected chi connectivity index (χ4v) is 3.01. The minimum absolute atomic E-state index is 0.0552. The van der Waals surface area contributed by atoms with Crippen molar-refractivity contribution in [1.82, 2.24) is 5.32 Å². The number of sulfone groups is 1. The lowest BCUT2D eigenvalue weighted by Crippen LogP contribution is -2.35. The van der Waals surface area contributed by atoms with Crippen molar-refractivity contribution in [2.24, 2.45) is 0 Å². The summed E-state index contributed by atoms with van der Waals surface area (Å²) in [6.45, 7) is 7.24. The van der Waals surface area contributed by atoms with Crippen molar-refractivity contribution < 1.29 is 12.8 Å². The second-order valence-corrected chi connectivity index (χ2v) is 9.04. The summed E-state index contributed by atoms with van der Waals surface area (Å²) < 4.78 is 36.1. The van der Waals surface area contributed by atoms with Crippen molar-refractivity contribution in [1.29, 1.82) is 0 Å². The van der Waals surface area contributed by atoms with Gasteiger partial charge in [-0.3, -0.25) is 0 Å². The molecule has 1 aromatic rings. The van der Waals surface area contributed by atoms with Gasteiger partial charge in [-0.1, -0.05) is 17.7 Å². The minimum atomic E-state index is -3.15. The van der Waals surface area contributed by atoms with Gasteiger partial charge in [0.05, 0.1) is 10.5 Å². The summed E-state index contributed by atoms with van der Waals surface area (Å²) >= 11 is 5.97. The maximum Gasteiger partial charge on any atom is 0.156 e. The Kier molecular flexibility index (Phi) is 5.58. The molecule has 0 fully saturated rings. The van der Waals surface area contributed by atoms with E-state index in [9.17, 15) is 12.8 Å². The number of nitrogens with one attached hydrogen (secondary N) is 1. The van der Waals surface area contributed by atoms with Gasteiger partial charge in [0.2, 0.25) is 0 Å². The Hall–Kier alpha value is -0.650. The van der Waals surface area contributed by atoms with Gasteiger partial charge in [0.15, 0.2) is 9.84 Å². The molecule has 114 valence electrons. The van der Waals surface area contributed by atoms with Crippen molar-refractivity contribution in [3.05, 3.63) is 34.6 Å². The van der Waals surface area contributed by atoms with Crippen molar-refractivity contribution in [2.75, 3.05) is 12.3 Å². The first-order valence-corrected chi connectivity index (χ1v) is 8.48. The van der Waals surface area contributed by atoms with Crippen molar-refractivity contribution in [2.45, 2.75) is 38.5 Å². The van der Waals surface area contributed by atoms with Crippen LogP contribution in [0.5, 0.6) is 0 Å². The third-order valence-electron chi connectivity index (χ3n) is 3.18. The van der Waals surface area contributed by atoms with Gasteiger partial charge in [-0.15, -0.1) is 0 Å². The van der Waals surface area contributed by atoms with Crippen molar-refractivity contribution >= 4 is 21.4 Å². The Bertz CT molecular complexity index is 567. The fourth-order valence-electron chi connectivity index (χ4n) is 1.68. The number of hydrogen-bond donors (Lipinski definition) is 1. The summed E-state index contributed by atoms with van der Waals surface area (Å²) in [6.07, 6.45) is 0. The highest BCUT2D eigenvalue weighted by Crippen LogP contribution is 2.23. The summed E-state index contributed by atoms with van der Waals surface area (Å²) in [5.74, 6) is -0.333. The molecule has 0 spiro atoms. The molecule has 0 aromatic heterocycles. The first-order valence-electron chi connectivity index (χ1n) is 6.45. The molecule has 1 unspecified atom stereocenters. The Balaban J connectivity index is 2.63. The van der Waals surface area contributed by atoms with Crippen LogP contribution in [-0.4, -0.2) is 25.5 Å². The van der Waals surface area contributed by atoms with Gasteiger partial charge in [-0.05, 0) is 45.4 Å². The normalized spacial score (nSPS) is 14.3. The van der Waals surface area contributed by atoms with E-state index in [2.05, 4.69) is 5.32 Å². The van der Waals surface area contributed by atoms with E-state index in [1.54, 1.807) is 26.8 Å². The molecule has 1 rings (SSSR count). The smallest absolute Gasteiger partial charge is 0.156 e. The third-order valence-corrected chi connectivity index (χ3v) is 6.12. The Labute approximate surface area is 125 Å². The molecule has 0 bridgehead atoms. The zero-order valence-electron chi connectivity index (χ0n) is 12.2. The molecule has 0 saturated heterocycles. The minimum Gasteiger partial charge on any atom is -0.309 e. The molecule has 0 radical (unpaired) electrons. The lowest BCUT2D eigenvalue weighted by Gasteiger charge is -2.21. The van der Waals surface area contributed by atoms with Gasteiger partial charge < -0.3 is 5.32 Å². The molecule has 0 aliphatic rings. The molecule has 0 aliphatic heterocycles. The molecule has 1 N–H and O–H groups in total. The topological polar surface area (TPSA) is 46.2 Å². The van der Waals surface area contributed by atoms with Gasteiger partial charge in [-0.2, -0.15) is 0 Å². The number of rotatable bonds is 5. The van der Waals surface area contributed by atoms with Crippen molar-refractivity contribution in [3.8, 4) is 0 Å². The average Bonchev–Trinajstić information content (AvgIpc) is 2.26. The van der Waals surface area contributed by atoms with E-state index in [0.29, 0.717) is 11.6 Å². The zero-order chi connectivity index (χ0) is 15.6. The molecule has 0 saturated carbocycles. The first kappa shape index (κ1) is 17.4.